The minimum Gasteiger partial charge on any atom is -0.352 e. The van der Waals surface area contributed by atoms with Gasteiger partial charge in [-0.3, -0.25) is 9.89 Å². The van der Waals surface area contributed by atoms with E-state index in [1.807, 2.05) is 91.0 Å². The first-order valence-corrected chi connectivity index (χ1v) is 10.7. The van der Waals surface area contributed by atoms with Gasteiger partial charge >= 0.3 is 0 Å². The number of carbonyl (C=O) groups is 1. The molecule has 0 spiro atoms. The van der Waals surface area contributed by atoms with Crippen LogP contribution in [0.3, 0.4) is 0 Å². The van der Waals surface area contributed by atoms with Crippen LogP contribution in [-0.2, 0) is 11.3 Å². The van der Waals surface area contributed by atoms with Gasteiger partial charge in [0.05, 0.1) is 0 Å². The number of hydrogen-bond donors (Lipinski definition) is 2. The van der Waals surface area contributed by atoms with Crippen molar-refractivity contribution in [3.05, 3.63) is 102 Å². The monoisotopic (exact) mass is 414 g/mol. The van der Waals surface area contributed by atoms with Crippen molar-refractivity contribution < 1.29 is 4.79 Å². The maximum absolute atomic E-state index is 12.6. The number of rotatable bonds is 8. The van der Waals surface area contributed by atoms with Crippen LogP contribution in [0.15, 0.2) is 96.2 Å². The second-order valence-electron chi connectivity index (χ2n) is 6.82. The van der Waals surface area contributed by atoms with E-state index in [2.05, 4.69) is 20.5 Å². The van der Waals surface area contributed by atoms with Gasteiger partial charge in [-0.15, -0.1) is 5.10 Å². The number of nitrogens with zero attached hydrogens (tertiary/aromatic N) is 2. The summed E-state index contributed by atoms with van der Waals surface area (Å²) in [7, 11) is 0. The molecule has 3 aromatic carbocycles. The maximum atomic E-state index is 12.6. The molecule has 30 heavy (non-hydrogen) atoms. The molecule has 1 atom stereocenters. The normalized spacial score (nSPS) is 11.7. The van der Waals surface area contributed by atoms with E-state index >= 15 is 0 Å². The highest BCUT2D eigenvalue weighted by atomic mass is 32.2. The summed E-state index contributed by atoms with van der Waals surface area (Å²) in [5, 5.41) is 10.9. The van der Waals surface area contributed by atoms with E-state index in [0.29, 0.717) is 18.1 Å². The van der Waals surface area contributed by atoms with Gasteiger partial charge in [0, 0.05) is 23.8 Å². The molecule has 0 saturated carbocycles. The molecule has 5 nitrogen and oxygen atoms in total. The second-order valence-corrected chi connectivity index (χ2v) is 7.99. The third-order valence-electron chi connectivity index (χ3n) is 4.63. The van der Waals surface area contributed by atoms with Gasteiger partial charge in [0.1, 0.15) is 0 Å². The van der Waals surface area contributed by atoms with Crippen LogP contribution in [0.5, 0.6) is 0 Å². The quantitative estimate of drug-likeness (QED) is 0.398. The van der Waals surface area contributed by atoms with Crippen molar-refractivity contribution in [1.82, 2.24) is 20.5 Å². The summed E-state index contributed by atoms with van der Waals surface area (Å²) in [5.41, 5.74) is 3.13. The Morgan fingerprint density at radius 2 is 1.53 bits per heavy atom. The second kappa shape index (κ2) is 9.89. The van der Waals surface area contributed by atoms with Crippen molar-refractivity contribution in [3.8, 4) is 11.4 Å². The van der Waals surface area contributed by atoms with Crippen LogP contribution in [0.25, 0.3) is 11.4 Å². The van der Waals surface area contributed by atoms with Gasteiger partial charge < -0.3 is 5.32 Å². The van der Waals surface area contributed by atoms with E-state index in [4.69, 9.17) is 0 Å². The molecule has 0 unspecified atom stereocenters. The fourth-order valence-electron chi connectivity index (χ4n) is 3.08. The molecule has 0 bridgehead atoms. The zero-order valence-electron chi connectivity index (χ0n) is 16.4. The molecule has 150 valence electrons. The van der Waals surface area contributed by atoms with E-state index < -0.39 is 0 Å². The predicted molar refractivity (Wildman–Crippen MR) is 120 cm³/mol. The van der Waals surface area contributed by atoms with E-state index in [1.165, 1.54) is 11.8 Å². The zero-order chi connectivity index (χ0) is 20.6. The number of hydrogen-bond acceptors (Lipinski definition) is 4. The van der Waals surface area contributed by atoms with Crippen molar-refractivity contribution in [1.29, 1.82) is 0 Å². The lowest BCUT2D eigenvalue weighted by Crippen LogP contribution is -2.24. The average molecular weight is 415 g/mol. The predicted octanol–water partition coefficient (Wildman–Crippen LogP) is 5.01. The van der Waals surface area contributed by atoms with Crippen molar-refractivity contribution in [3.63, 3.8) is 0 Å². The molecule has 1 heterocycles. The van der Waals surface area contributed by atoms with Crippen molar-refractivity contribution in [2.45, 2.75) is 23.4 Å². The number of aromatic nitrogens is 3. The molecule has 0 radical (unpaired) electrons. The van der Waals surface area contributed by atoms with Crippen molar-refractivity contribution in [2.75, 3.05) is 0 Å². The Bertz CT molecular complexity index is 1070. The fraction of sp³-hybridized carbons (Fsp3) is 0.125. The van der Waals surface area contributed by atoms with Gasteiger partial charge in [-0.2, -0.15) is 0 Å². The van der Waals surface area contributed by atoms with E-state index in [1.54, 1.807) is 0 Å². The van der Waals surface area contributed by atoms with Crippen LogP contribution < -0.4 is 5.32 Å². The Kier molecular flexibility index (Phi) is 6.57. The Morgan fingerprint density at radius 1 is 0.900 bits per heavy atom. The largest absolute Gasteiger partial charge is 0.352 e. The summed E-state index contributed by atoms with van der Waals surface area (Å²) in [6, 6.07) is 29.8. The molecule has 4 rings (SSSR count). The smallest absolute Gasteiger partial charge is 0.221 e. The summed E-state index contributed by atoms with van der Waals surface area (Å²) >= 11 is 1.49. The first-order chi connectivity index (χ1) is 14.8. The summed E-state index contributed by atoms with van der Waals surface area (Å²) < 4.78 is 0. The van der Waals surface area contributed by atoms with Crippen LogP contribution in [0.2, 0.25) is 0 Å². The molecule has 1 aromatic heterocycles. The van der Waals surface area contributed by atoms with E-state index in [9.17, 15) is 4.79 Å². The summed E-state index contributed by atoms with van der Waals surface area (Å²) in [6.45, 7) is 0.519. The highest BCUT2D eigenvalue weighted by Crippen LogP contribution is 2.36. The van der Waals surface area contributed by atoms with Crippen LogP contribution in [0, 0.1) is 0 Å². The van der Waals surface area contributed by atoms with Gasteiger partial charge in [-0.1, -0.05) is 103 Å². The molecule has 4 aromatic rings. The SMILES string of the molecule is O=C(C[C@@H](Sc1n[nH]c(-c2ccccc2)n1)c1ccccc1)NCc1ccccc1. The first-order valence-electron chi connectivity index (χ1n) is 9.78. The maximum Gasteiger partial charge on any atom is 0.221 e. The number of H-pyrrole nitrogens is 1. The van der Waals surface area contributed by atoms with Gasteiger partial charge in [0.15, 0.2) is 5.82 Å². The molecule has 0 aliphatic rings. The summed E-state index contributed by atoms with van der Waals surface area (Å²) in [6.07, 6.45) is 0.344. The topological polar surface area (TPSA) is 70.7 Å². The molecular weight excluding hydrogens is 392 g/mol. The number of aromatic amines is 1. The molecule has 0 aliphatic carbocycles. The van der Waals surface area contributed by atoms with Crippen LogP contribution in [0.4, 0.5) is 0 Å². The lowest BCUT2D eigenvalue weighted by atomic mass is 10.1. The third-order valence-corrected chi connectivity index (χ3v) is 5.75. The third kappa shape index (κ3) is 5.36. The lowest BCUT2D eigenvalue weighted by molar-refractivity contribution is -0.121. The highest BCUT2D eigenvalue weighted by Gasteiger charge is 2.20. The van der Waals surface area contributed by atoms with Gasteiger partial charge in [-0.25, -0.2) is 4.98 Å². The van der Waals surface area contributed by atoms with Gasteiger partial charge in [0.2, 0.25) is 11.1 Å². The number of amides is 1. The zero-order valence-corrected chi connectivity index (χ0v) is 17.2. The molecule has 2 N–H and O–H groups in total. The van der Waals surface area contributed by atoms with Crippen molar-refractivity contribution >= 4 is 17.7 Å². The summed E-state index contributed by atoms with van der Waals surface area (Å²) in [5.74, 6) is 0.720. The number of thioether (sulfide) groups is 1. The van der Waals surface area contributed by atoms with Crippen molar-refractivity contribution in [2.24, 2.45) is 0 Å². The lowest BCUT2D eigenvalue weighted by Gasteiger charge is -2.15. The average Bonchev–Trinajstić information content (AvgIpc) is 3.28. The molecule has 0 aliphatic heterocycles. The minimum atomic E-state index is -0.0820. The Labute approximate surface area is 180 Å². The van der Waals surface area contributed by atoms with E-state index in [-0.39, 0.29) is 11.2 Å². The van der Waals surface area contributed by atoms with Crippen LogP contribution in [-0.4, -0.2) is 21.1 Å². The van der Waals surface area contributed by atoms with Crippen LogP contribution in [0.1, 0.15) is 22.8 Å². The fourth-order valence-corrected chi connectivity index (χ4v) is 4.11. The molecular formula is C24H22N4OS. The first kappa shape index (κ1) is 19.9. The van der Waals surface area contributed by atoms with Gasteiger partial charge in [-0.05, 0) is 11.1 Å². The van der Waals surface area contributed by atoms with Crippen LogP contribution >= 0.6 is 11.8 Å². The number of carbonyl (C=O) groups excluding carboxylic acids is 1. The minimum absolute atomic E-state index is 0.000903. The number of benzene rings is 3. The molecule has 0 fully saturated rings. The Morgan fingerprint density at radius 3 is 2.23 bits per heavy atom. The van der Waals surface area contributed by atoms with E-state index in [0.717, 1.165) is 22.5 Å². The Balaban J connectivity index is 1.45. The van der Waals surface area contributed by atoms with Gasteiger partial charge in [0.25, 0.3) is 0 Å². The number of nitrogens with one attached hydrogen (secondary N) is 2. The standard InChI is InChI=1S/C24H22N4OS/c29-22(25-17-18-10-4-1-5-11-18)16-21(19-12-6-2-7-13-19)30-24-26-23(27-28-24)20-14-8-3-9-15-20/h1-15,21H,16-17H2,(H,25,29)(H,26,27,28)/t21-/m1/s1. The highest BCUT2D eigenvalue weighted by molar-refractivity contribution is 7.99. The summed E-state index contributed by atoms with van der Waals surface area (Å²) in [4.78, 5) is 17.3. The Hall–Kier alpha value is -3.38. The molecule has 0 saturated heterocycles. The molecule has 6 heteroatoms. The molecule has 1 amide bonds.